The highest BCUT2D eigenvalue weighted by Crippen LogP contribution is 2.31. The third kappa shape index (κ3) is 2.58. The Morgan fingerprint density at radius 1 is 1.41 bits per heavy atom. The van der Waals surface area contributed by atoms with E-state index in [1.807, 2.05) is 19.2 Å². The van der Waals surface area contributed by atoms with Crippen molar-refractivity contribution < 1.29 is 0 Å². The first kappa shape index (κ1) is 12.7. The van der Waals surface area contributed by atoms with Crippen molar-refractivity contribution in [2.24, 2.45) is 0 Å². The topological polar surface area (TPSA) is 15.3 Å². The molecule has 0 radical (unpaired) electrons. The van der Waals surface area contributed by atoms with E-state index < -0.39 is 0 Å². The van der Waals surface area contributed by atoms with Crippen LogP contribution in [-0.4, -0.2) is 25.7 Å². The second kappa shape index (κ2) is 4.87. The fourth-order valence-corrected chi connectivity index (χ4v) is 2.76. The van der Waals surface area contributed by atoms with Gasteiger partial charge in [0.2, 0.25) is 0 Å². The van der Waals surface area contributed by atoms with Gasteiger partial charge in [0.05, 0.1) is 0 Å². The van der Waals surface area contributed by atoms with Gasteiger partial charge < -0.3 is 10.2 Å². The monoisotopic (exact) mass is 252 g/mol. The number of nitrogens with zero attached hydrogens (tertiary/aromatic N) is 1. The van der Waals surface area contributed by atoms with Crippen LogP contribution in [0.25, 0.3) is 0 Å². The summed E-state index contributed by atoms with van der Waals surface area (Å²) in [7, 11) is 2.05. The van der Waals surface area contributed by atoms with E-state index >= 15 is 0 Å². The van der Waals surface area contributed by atoms with Crippen molar-refractivity contribution >= 4 is 17.3 Å². The smallest absolute Gasteiger partial charge is 0.0455 e. The van der Waals surface area contributed by atoms with Crippen molar-refractivity contribution in [3.63, 3.8) is 0 Å². The van der Waals surface area contributed by atoms with E-state index in [9.17, 15) is 0 Å². The fourth-order valence-electron chi connectivity index (χ4n) is 2.59. The van der Waals surface area contributed by atoms with Gasteiger partial charge in [-0.2, -0.15) is 0 Å². The molecule has 0 bridgehead atoms. The van der Waals surface area contributed by atoms with Crippen LogP contribution >= 0.6 is 11.6 Å². The standard InChI is InChI=1S/C14H21ClN2/c1-11-12(15)6-4-7-13(11)17-9-5-8-14(2,10-17)16-3/h4,6-7,16H,5,8-10H2,1-3H3. The van der Waals surface area contributed by atoms with Crippen molar-refractivity contribution in [2.45, 2.75) is 32.2 Å². The van der Waals surface area contributed by atoms with Crippen LogP contribution in [0.15, 0.2) is 18.2 Å². The van der Waals surface area contributed by atoms with Gasteiger partial charge in [-0.3, -0.25) is 0 Å². The third-order valence-corrected chi connectivity index (χ3v) is 4.29. The minimum absolute atomic E-state index is 0.215. The molecule has 1 saturated heterocycles. The Kier molecular flexibility index (Phi) is 3.64. The van der Waals surface area contributed by atoms with E-state index in [2.05, 4.69) is 30.1 Å². The number of halogens is 1. The molecule has 3 heteroatoms. The molecule has 0 aromatic heterocycles. The van der Waals surface area contributed by atoms with Gasteiger partial charge in [-0.15, -0.1) is 0 Å². The normalized spacial score (nSPS) is 25.1. The maximum absolute atomic E-state index is 6.20. The number of hydrogen-bond acceptors (Lipinski definition) is 2. The van der Waals surface area contributed by atoms with Crippen LogP contribution < -0.4 is 10.2 Å². The SMILES string of the molecule is CNC1(C)CCCN(c2cccc(Cl)c2C)C1. The van der Waals surface area contributed by atoms with Crippen LogP contribution in [-0.2, 0) is 0 Å². The first-order valence-corrected chi connectivity index (χ1v) is 6.62. The summed E-state index contributed by atoms with van der Waals surface area (Å²) < 4.78 is 0. The first-order chi connectivity index (χ1) is 8.06. The Hall–Kier alpha value is -0.730. The lowest BCUT2D eigenvalue weighted by atomic mass is 9.90. The zero-order valence-electron chi connectivity index (χ0n) is 10.9. The highest BCUT2D eigenvalue weighted by molar-refractivity contribution is 6.31. The Labute approximate surface area is 109 Å². The maximum atomic E-state index is 6.20. The number of rotatable bonds is 2. The number of piperidine rings is 1. The van der Waals surface area contributed by atoms with Crippen LogP contribution in [0.1, 0.15) is 25.3 Å². The van der Waals surface area contributed by atoms with Gasteiger partial charge in [0, 0.05) is 29.3 Å². The molecule has 1 aromatic rings. The average molecular weight is 253 g/mol. The summed E-state index contributed by atoms with van der Waals surface area (Å²) in [6.45, 7) is 6.56. The highest BCUT2D eigenvalue weighted by Gasteiger charge is 2.29. The van der Waals surface area contributed by atoms with Gasteiger partial charge in [-0.25, -0.2) is 0 Å². The van der Waals surface area contributed by atoms with Gasteiger partial charge in [0.15, 0.2) is 0 Å². The average Bonchev–Trinajstić information content (AvgIpc) is 2.33. The van der Waals surface area contributed by atoms with Crippen molar-refractivity contribution in [2.75, 3.05) is 25.0 Å². The van der Waals surface area contributed by atoms with Crippen LogP contribution in [0.2, 0.25) is 5.02 Å². The molecule has 0 saturated carbocycles. The molecule has 1 atom stereocenters. The van der Waals surface area contributed by atoms with Crippen LogP contribution in [0, 0.1) is 6.92 Å². The highest BCUT2D eigenvalue weighted by atomic mass is 35.5. The zero-order chi connectivity index (χ0) is 12.5. The summed E-state index contributed by atoms with van der Waals surface area (Å²) in [4.78, 5) is 2.45. The summed E-state index contributed by atoms with van der Waals surface area (Å²) in [5.74, 6) is 0. The molecule has 1 heterocycles. The lowest BCUT2D eigenvalue weighted by Gasteiger charge is -2.42. The summed E-state index contributed by atoms with van der Waals surface area (Å²) in [5, 5.41) is 4.30. The molecule has 1 aliphatic heterocycles. The molecule has 0 amide bonds. The Morgan fingerprint density at radius 2 is 2.18 bits per heavy atom. The van der Waals surface area contributed by atoms with Gasteiger partial charge in [0.1, 0.15) is 0 Å². The Bertz CT molecular complexity index is 405. The second-order valence-electron chi connectivity index (χ2n) is 5.22. The van der Waals surface area contributed by atoms with Crippen LogP contribution in [0.5, 0.6) is 0 Å². The second-order valence-corrected chi connectivity index (χ2v) is 5.63. The predicted octanol–water partition coefficient (Wildman–Crippen LogP) is 3.23. The molecule has 1 aromatic carbocycles. The first-order valence-electron chi connectivity index (χ1n) is 6.25. The van der Waals surface area contributed by atoms with E-state index in [0.717, 1.165) is 18.1 Å². The molecule has 1 aliphatic rings. The molecule has 1 N–H and O–H groups in total. The van der Waals surface area contributed by atoms with Crippen molar-refractivity contribution in [1.29, 1.82) is 0 Å². The summed E-state index contributed by atoms with van der Waals surface area (Å²) >= 11 is 6.20. The number of benzene rings is 1. The Morgan fingerprint density at radius 3 is 2.88 bits per heavy atom. The lowest BCUT2D eigenvalue weighted by Crippen LogP contribution is -2.54. The predicted molar refractivity (Wildman–Crippen MR) is 75.1 cm³/mol. The number of anilines is 1. The molecular weight excluding hydrogens is 232 g/mol. The van der Waals surface area contributed by atoms with E-state index in [-0.39, 0.29) is 5.54 Å². The van der Waals surface area contributed by atoms with Crippen molar-refractivity contribution in [3.8, 4) is 0 Å². The minimum atomic E-state index is 0.215. The van der Waals surface area contributed by atoms with E-state index in [4.69, 9.17) is 11.6 Å². The quantitative estimate of drug-likeness (QED) is 0.870. The van der Waals surface area contributed by atoms with Crippen molar-refractivity contribution in [1.82, 2.24) is 5.32 Å². The molecular formula is C14H21ClN2. The van der Waals surface area contributed by atoms with Gasteiger partial charge in [-0.05, 0) is 51.4 Å². The largest absolute Gasteiger partial charge is 0.369 e. The van der Waals surface area contributed by atoms with E-state index in [0.29, 0.717) is 0 Å². The summed E-state index contributed by atoms with van der Waals surface area (Å²) in [6, 6.07) is 6.17. The van der Waals surface area contributed by atoms with Gasteiger partial charge >= 0.3 is 0 Å². The molecule has 1 fully saturated rings. The fraction of sp³-hybridized carbons (Fsp3) is 0.571. The molecule has 17 heavy (non-hydrogen) atoms. The molecule has 0 spiro atoms. The van der Waals surface area contributed by atoms with E-state index in [1.165, 1.54) is 24.1 Å². The van der Waals surface area contributed by atoms with E-state index in [1.54, 1.807) is 0 Å². The van der Waals surface area contributed by atoms with Crippen LogP contribution in [0.3, 0.4) is 0 Å². The zero-order valence-corrected chi connectivity index (χ0v) is 11.6. The van der Waals surface area contributed by atoms with Crippen LogP contribution in [0.4, 0.5) is 5.69 Å². The number of nitrogens with one attached hydrogen (secondary N) is 1. The molecule has 2 nitrogen and oxygen atoms in total. The molecule has 2 rings (SSSR count). The summed E-state index contributed by atoms with van der Waals surface area (Å²) in [5.41, 5.74) is 2.68. The number of hydrogen-bond donors (Lipinski definition) is 1. The minimum Gasteiger partial charge on any atom is -0.369 e. The third-order valence-electron chi connectivity index (χ3n) is 3.88. The molecule has 0 aliphatic carbocycles. The summed E-state index contributed by atoms with van der Waals surface area (Å²) in [6.07, 6.45) is 2.46. The van der Waals surface area contributed by atoms with Gasteiger partial charge in [0.25, 0.3) is 0 Å². The number of likely N-dealkylation sites (N-methyl/N-ethyl adjacent to an activating group) is 1. The molecule has 94 valence electrons. The molecule has 1 unspecified atom stereocenters. The Balaban J connectivity index is 2.25. The van der Waals surface area contributed by atoms with Crippen molar-refractivity contribution in [3.05, 3.63) is 28.8 Å². The lowest BCUT2D eigenvalue weighted by molar-refractivity contribution is 0.316. The maximum Gasteiger partial charge on any atom is 0.0455 e. The van der Waals surface area contributed by atoms with Gasteiger partial charge in [-0.1, -0.05) is 17.7 Å².